The number of halogens is 1. The number of phenols is 1. The third-order valence-electron chi connectivity index (χ3n) is 6.05. The number of aromatic hydroxyl groups is 1. The van der Waals surface area contributed by atoms with Crippen LogP contribution in [0.2, 0.25) is 5.02 Å². The molecule has 1 fully saturated rings. The van der Waals surface area contributed by atoms with Gasteiger partial charge in [0.1, 0.15) is 23.4 Å². The van der Waals surface area contributed by atoms with E-state index < -0.39 is 41.5 Å². The van der Waals surface area contributed by atoms with Gasteiger partial charge < -0.3 is 31.1 Å². The maximum atomic E-state index is 14.1. The van der Waals surface area contributed by atoms with Crippen LogP contribution < -0.4 is 16.4 Å². The first-order chi connectivity index (χ1) is 18.3. The highest BCUT2D eigenvalue weighted by atomic mass is 35.5. The molecule has 0 aromatic heterocycles. The molecule has 11 heteroatoms. The summed E-state index contributed by atoms with van der Waals surface area (Å²) in [6.07, 6.45) is 0.162. The van der Waals surface area contributed by atoms with Crippen LogP contribution in [0.3, 0.4) is 0 Å². The highest BCUT2D eigenvalue weighted by Crippen LogP contribution is 2.38. The molecule has 0 spiro atoms. The summed E-state index contributed by atoms with van der Waals surface area (Å²) >= 11 is 6.36. The molecule has 2 unspecified atom stereocenters. The van der Waals surface area contributed by atoms with Crippen molar-refractivity contribution in [1.82, 2.24) is 10.2 Å². The summed E-state index contributed by atoms with van der Waals surface area (Å²) in [6, 6.07) is 8.58. The molecule has 4 amide bonds. The van der Waals surface area contributed by atoms with Gasteiger partial charge >= 0.3 is 6.09 Å². The van der Waals surface area contributed by atoms with Crippen LogP contribution in [-0.4, -0.2) is 51.5 Å². The molecule has 39 heavy (non-hydrogen) atoms. The molecule has 5 N–H and O–H groups in total. The lowest BCUT2D eigenvalue weighted by molar-refractivity contribution is -0.141. The number of alkyl carbamates (subject to hydrolysis) is 1. The molecule has 0 radical (unpaired) electrons. The third kappa shape index (κ3) is 8.35. The Bertz CT molecular complexity index is 1220. The Kier molecular flexibility index (Phi) is 9.45. The summed E-state index contributed by atoms with van der Waals surface area (Å²) in [6.45, 7) is 6.84. The first-order valence-electron chi connectivity index (χ1n) is 12.7. The Morgan fingerprint density at radius 3 is 2.38 bits per heavy atom. The molecule has 0 heterocycles. The molecule has 1 aliphatic rings. The van der Waals surface area contributed by atoms with Gasteiger partial charge in [0.2, 0.25) is 11.8 Å². The Morgan fingerprint density at radius 2 is 1.82 bits per heavy atom. The van der Waals surface area contributed by atoms with Crippen molar-refractivity contribution in [3.05, 3.63) is 58.6 Å². The largest absolute Gasteiger partial charge is 0.508 e. The molecule has 2 aromatic carbocycles. The van der Waals surface area contributed by atoms with Gasteiger partial charge in [0.15, 0.2) is 0 Å². The minimum absolute atomic E-state index is 0.0837. The second kappa shape index (κ2) is 12.4. The summed E-state index contributed by atoms with van der Waals surface area (Å²) < 4.78 is 5.33. The van der Waals surface area contributed by atoms with E-state index in [2.05, 4.69) is 10.6 Å². The summed E-state index contributed by atoms with van der Waals surface area (Å²) in [5.41, 5.74) is 6.00. The van der Waals surface area contributed by atoms with E-state index in [-0.39, 0.29) is 24.6 Å². The van der Waals surface area contributed by atoms with E-state index in [0.717, 1.165) is 5.56 Å². The fourth-order valence-electron chi connectivity index (χ4n) is 4.16. The van der Waals surface area contributed by atoms with Crippen LogP contribution in [0.25, 0.3) is 0 Å². The van der Waals surface area contributed by atoms with Crippen LogP contribution in [0.1, 0.15) is 63.6 Å². The minimum atomic E-state index is -1.19. The number of ether oxygens (including phenoxy) is 1. The lowest BCUT2D eigenvalue weighted by Crippen LogP contribution is -2.53. The van der Waals surface area contributed by atoms with Crippen molar-refractivity contribution in [3.8, 4) is 5.75 Å². The molecular weight excluding hydrogens is 524 g/mol. The van der Waals surface area contributed by atoms with Crippen molar-refractivity contribution in [2.45, 2.75) is 77.1 Å². The third-order valence-corrected chi connectivity index (χ3v) is 6.36. The van der Waals surface area contributed by atoms with Crippen LogP contribution in [0, 0.1) is 6.92 Å². The number of phenolic OH excluding ortho intramolecular Hbond substituents is 1. The number of carbonyl (C=O) groups is 4. The fraction of sp³-hybridized carbons (Fsp3) is 0.429. The van der Waals surface area contributed by atoms with E-state index in [1.807, 2.05) is 0 Å². The normalized spacial score (nSPS) is 14.6. The highest BCUT2D eigenvalue weighted by Gasteiger charge is 2.44. The van der Waals surface area contributed by atoms with Crippen LogP contribution in [0.4, 0.5) is 10.5 Å². The number of nitrogens with two attached hydrogens (primary N) is 1. The summed E-state index contributed by atoms with van der Waals surface area (Å²) in [5, 5.41) is 15.9. The summed E-state index contributed by atoms with van der Waals surface area (Å²) in [4.78, 5) is 53.5. The first-order valence-corrected chi connectivity index (χ1v) is 13.1. The van der Waals surface area contributed by atoms with Crippen molar-refractivity contribution in [3.63, 3.8) is 0 Å². The number of hydrogen-bond donors (Lipinski definition) is 4. The smallest absolute Gasteiger partial charge is 0.408 e. The maximum Gasteiger partial charge on any atom is 0.408 e. The van der Waals surface area contributed by atoms with Gasteiger partial charge in [-0.15, -0.1) is 0 Å². The van der Waals surface area contributed by atoms with Gasteiger partial charge in [-0.05, 0) is 76.3 Å². The molecular formula is C28H35ClN4O6. The Balaban J connectivity index is 2.02. The van der Waals surface area contributed by atoms with Crippen LogP contribution in [-0.2, 0) is 19.1 Å². The second-order valence-electron chi connectivity index (χ2n) is 10.6. The average molecular weight is 559 g/mol. The molecule has 10 nitrogen and oxygen atoms in total. The van der Waals surface area contributed by atoms with Gasteiger partial charge in [0, 0.05) is 12.5 Å². The molecule has 210 valence electrons. The number of hydrogen-bond acceptors (Lipinski definition) is 6. The van der Waals surface area contributed by atoms with E-state index in [9.17, 15) is 24.3 Å². The van der Waals surface area contributed by atoms with Crippen molar-refractivity contribution >= 4 is 41.1 Å². The van der Waals surface area contributed by atoms with E-state index in [1.54, 1.807) is 58.0 Å². The minimum Gasteiger partial charge on any atom is -0.508 e. The number of carbonyl (C=O) groups excluding carboxylic acids is 4. The zero-order valence-electron chi connectivity index (χ0n) is 22.5. The van der Waals surface area contributed by atoms with E-state index >= 15 is 0 Å². The maximum absolute atomic E-state index is 14.1. The van der Waals surface area contributed by atoms with Crippen molar-refractivity contribution in [1.29, 1.82) is 0 Å². The molecule has 0 aliphatic heterocycles. The molecule has 3 rings (SSSR count). The lowest BCUT2D eigenvalue weighted by Gasteiger charge is -2.35. The van der Waals surface area contributed by atoms with Gasteiger partial charge in [0.05, 0.1) is 10.7 Å². The van der Waals surface area contributed by atoms with Gasteiger partial charge in [-0.2, -0.15) is 0 Å². The predicted octanol–water partition coefficient (Wildman–Crippen LogP) is 4.18. The standard InChI is InChI=1S/C28H35ClN4O6/c1-16-7-5-10-20(29)23(16)32-25(36)24(17-8-6-9-19(34)15-17)33(18-11-12-18)26(37)21(13-14-22(30)35)31-27(38)39-28(2,3)4/h5-10,15,18,21,24,34H,11-14H2,1-4H3,(H2,30,35)(H,31,38)(H,32,36). The number of amides is 4. The first kappa shape index (κ1) is 29.8. The van der Waals surface area contributed by atoms with E-state index in [1.165, 1.54) is 17.0 Å². The number of aryl methyl sites for hydroxylation is 1. The summed E-state index contributed by atoms with van der Waals surface area (Å²) in [7, 11) is 0. The number of nitrogens with zero attached hydrogens (tertiary/aromatic N) is 1. The highest BCUT2D eigenvalue weighted by molar-refractivity contribution is 6.34. The van der Waals surface area contributed by atoms with Crippen molar-refractivity contribution in [2.75, 3.05) is 5.32 Å². The quantitative estimate of drug-likeness (QED) is 0.343. The molecule has 2 aromatic rings. The lowest BCUT2D eigenvalue weighted by atomic mass is 10.0. The van der Waals surface area contributed by atoms with Crippen LogP contribution in [0.15, 0.2) is 42.5 Å². The van der Waals surface area contributed by atoms with Gasteiger partial charge in [-0.25, -0.2) is 4.79 Å². The van der Waals surface area contributed by atoms with Gasteiger partial charge in [-0.1, -0.05) is 35.9 Å². The van der Waals surface area contributed by atoms with Gasteiger partial charge in [-0.3, -0.25) is 14.4 Å². The van der Waals surface area contributed by atoms with Crippen molar-refractivity contribution in [2.24, 2.45) is 5.73 Å². The van der Waals surface area contributed by atoms with E-state index in [4.69, 9.17) is 22.1 Å². The number of anilines is 1. The Hall–Kier alpha value is -3.79. The zero-order valence-corrected chi connectivity index (χ0v) is 23.2. The average Bonchev–Trinajstić information content (AvgIpc) is 3.66. The number of benzene rings is 2. The topological polar surface area (TPSA) is 151 Å². The monoisotopic (exact) mass is 558 g/mol. The fourth-order valence-corrected chi connectivity index (χ4v) is 4.43. The number of primary amides is 1. The van der Waals surface area contributed by atoms with Crippen molar-refractivity contribution < 1.29 is 29.0 Å². The number of para-hydroxylation sites is 1. The molecule has 0 bridgehead atoms. The molecule has 1 aliphatic carbocycles. The Labute approximate surface area is 232 Å². The SMILES string of the molecule is Cc1cccc(Cl)c1NC(=O)C(c1cccc(O)c1)N(C(=O)C(CCC(N)=O)NC(=O)OC(C)(C)C)C1CC1. The molecule has 2 atom stereocenters. The van der Waals surface area contributed by atoms with Gasteiger partial charge in [0.25, 0.3) is 5.91 Å². The Morgan fingerprint density at radius 1 is 1.15 bits per heavy atom. The predicted molar refractivity (Wildman–Crippen MR) is 147 cm³/mol. The number of nitrogens with one attached hydrogen (secondary N) is 2. The molecule has 1 saturated carbocycles. The summed E-state index contributed by atoms with van der Waals surface area (Å²) in [5.74, 6) is -1.86. The van der Waals surface area contributed by atoms with Crippen LogP contribution >= 0.6 is 11.6 Å². The van der Waals surface area contributed by atoms with E-state index in [0.29, 0.717) is 29.1 Å². The molecule has 0 saturated heterocycles. The number of rotatable bonds is 10. The zero-order chi connectivity index (χ0) is 28.9. The van der Waals surface area contributed by atoms with Crippen LogP contribution in [0.5, 0.6) is 5.75 Å². The second-order valence-corrected chi connectivity index (χ2v) is 11.0.